The maximum Gasteiger partial charge on any atom is 0.0510 e. The van der Waals surface area contributed by atoms with Gasteiger partial charge in [0, 0.05) is 19.8 Å². The van der Waals surface area contributed by atoms with Crippen molar-refractivity contribution in [3.8, 4) is 0 Å². The van der Waals surface area contributed by atoms with Crippen LogP contribution in [0.3, 0.4) is 0 Å². The van der Waals surface area contributed by atoms with Gasteiger partial charge in [-0.1, -0.05) is 6.07 Å². The highest BCUT2D eigenvalue weighted by Gasteiger charge is 1.96. The second-order valence-electron chi connectivity index (χ2n) is 3.08. The quantitative estimate of drug-likeness (QED) is 0.515. The summed E-state index contributed by atoms with van der Waals surface area (Å²) in [6.45, 7) is 1.99. The molecule has 0 aliphatic heterocycles. The lowest BCUT2D eigenvalue weighted by Gasteiger charge is -2.14. The Hall–Kier alpha value is -1.22. The molecule has 3 N–H and O–H groups in total. The Bertz CT molecular complexity index is 268. The average molecular weight is 165 g/mol. The molecule has 3 heteroatoms. The lowest BCUT2D eigenvalue weighted by molar-refractivity contribution is 0.495. The molecule has 0 unspecified atom stereocenters. The minimum Gasteiger partial charge on any atom is -0.398 e. The zero-order valence-corrected chi connectivity index (χ0v) is 7.76. The lowest BCUT2D eigenvalue weighted by Crippen LogP contribution is -2.19. The molecule has 0 saturated carbocycles. The van der Waals surface area contributed by atoms with E-state index in [1.807, 2.05) is 44.2 Å². The number of nitrogens with one attached hydrogen (secondary N) is 1. The van der Waals surface area contributed by atoms with Gasteiger partial charge < -0.3 is 11.2 Å². The molecule has 1 aromatic rings. The molecular weight excluding hydrogens is 150 g/mol. The van der Waals surface area contributed by atoms with Gasteiger partial charge in [-0.3, -0.25) is 0 Å². The Morgan fingerprint density at radius 3 is 2.50 bits per heavy atom. The van der Waals surface area contributed by atoms with Crippen LogP contribution in [-0.2, 0) is 0 Å². The van der Waals surface area contributed by atoms with Crippen LogP contribution in [0.2, 0.25) is 0 Å². The van der Waals surface area contributed by atoms with Gasteiger partial charge in [-0.15, -0.1) is 0 Å². The van der Waals surface area contributed by atoms with Crippen molar-refractivity contribution in [2.24, 2.45) is 0 Å². The van der Waals surface area contributed by atoms with Crippen molar-refractivity contribution < 1.29 is 0 Å². The molecular formula is C9H15N3. The van der Waals surface area contributed by atoms with E-state index in [-0.39, 0.29) is 0 Å². The van der Waals surface area contributed by atoms with Gasteiger partial charge in [-0.25, -0.2) is 5.01 Å². The van der Waals surface area contributed by atoms with E-state index in [1.54, 1.807) is 0 Å². The topological polar surface area (TPSA) is 41.3 Å². The van der Waals surface area contributed by atoms with Crippen molar-refractivity contribution in [1.29, 1.82) is 0 Å². The van der Waals surface area contributed by atoms with Crippen LogP contribution in [0.25, 0.3) is 0 Å². The van der Waals surface area contributed by atoms with E-state index in [9.17, 15) is 0 Å². The van der Waals surface area contributed by atoms with Crippen LogP contribution in [0, 0.1) is 6.92 Å². The summed E-state index contributed by atoms with van der Waals surface area (Å²) in [6.07, 6.45) is 0. The Labute approximate surface area is 73.1 Å². The molecule has 0 atom stereocenters. The second kappa shape index (κ2) is 3.45. The molecule has 1 rings (SSSR count). The smallest absolute Gasteiger partial charge is 0.0510 e. The molecule has 0 spiro atoms. The third kappa shape index (κ3) is 2.13. The van der Waals surface area contributed by atoms with Crippen molar-refractivity contribution >= 4 is 11.4 Å². The second-order valence-corrected chi connectivity index (χ2v) is 3.08. The number of nitrogens with two attached hydrogens (primary N) is 1. The highest BCUT2D eigenvalue weighted by Crippen LogP contribution is 2.16. The van der Waals surface area contributed by atoms with Gasteiger partial charge in [0.05, 0.1) is 5.69 Å². The fourth-order valence-electron chi connectivity index (χ4n) is 0.968. The molecule has 0 saturated heterocycles. The molecule has 3 nitrogen and oxygen atoms in total. The number of nitrogens with zero attached hydrogens (tertiary/aromatic N) is 1. The van der Waals surface area contributed by atoms with Gasteiger partial charge in [-0.2, -0.15) is 0 Å². The molecule has 0 heterocycles. The third-order valence-electron chi connectivity index (χ3n) is 1.63. The van der Waals surface area contributed by atoms with Crippen LogP contribution in [-0.4, -0.2) is 19.1 Å². The summed E-state index contributed by atoms with van der Waals surface area (Å²) in [4.78, 5) is 0. The van der Waals surface area contributed by atoms with E-state index < -0.39 is 0 Å². The molecule has 0 aromatic heterocycles. The number of nitrogen functional groups attached to an aromatic ring is 1. The van der Waals surface area contributed by atoms with Gasteiger partial charge in [0.1, 0.15) is 0 Å². The minimum absolute atomic E-state index is 0.821. The van der Waals surface area contributed by atoms with Gasteiger partial charge in [0.2, 0.25) is 0 Å². The standard InChI is InChI=1S/C9H15N3/c1-7-4-5-8(6-9(7)10)11-12(2)3/h4-6,11H,10H2,1-3H3. The summed E-state index contributed by atoms with van der Waals surface area (Å²) < 4.78 is 0. The lowest BCUT2D eigenvalue weighted by atomic mass is 10.2. The highest BCUT2D eigenvalue weighted by atomic mass is 15.5. The predicted molar refractivity (Wildman–Crippen MR) is 52.9 cm³/mol. The van der Waals surface area contributed by atoms with Crippen molar-refractivity contribution in [2.45, 2.75) is 6.92 Å². The van der Waals surface area contributed by atoms with E-state index in [2.05, 4.69) is 5.43 Å². The van der Waals surface area contributed by atoms with E-state index in [0.29, 0.717) is 0 Å². The molecule has 0 bridgehead atoms. The molecule has 0 amide bonds. The number of anilines is 2. The van der Waals surface area contributed by atoms with Crippen LogP contribution in [0.15, 0.2) is 18.2 Å². The summed E-state index contributed by atoms with van der Waals surface area (Å²) in [5, 5.41) is 1.88. The number of hydrogen-bond acceptors (Lipinski definition) is 3. The van der Waals surface area contributed by atoms with Crippen LogP contribution in [0.1, 0.15) is 5.56 Å². The van der Waals surface area contributed by atoms with Crippen LogP contribution in [0.4, 0.5) is 11.4 Å². The summed E-state index contributed by atoms with van der Waals surface area (Å²) >= 11 is 0. The van der Waals surface area contributed by atoms with E-state index in [1.165, 1.54) is 0 Å². The third-order valence-corrected chi connectivity index (χ3v) is 1.63. The van der Waals surface area contributed by atoms with Crippen molar-refractivity contribution in [3.63, 3.8) is 0 Å². The fourth-order valence-corrected chi connectivity index (χ4v) is 0.968. The van der Waals surface area contributed by atoms with Crippen molar-refractivity contribution in [3.05, 3.63) is 23.8 Å². The predicted octanol–water partition coefficient (Wildman–Crippen LogP) is 1.47. The summed E-state index contributed by atoms with van der Waals surface area (Å²) in [7, 11) is 3.88. The van der Waals surface area contributed by atoms with Gasteiger partial charge >= 0.3 is 0 Å². The van der Waals surface area contributed by atoms with E-state index in [4.69, 9.17) is 5.73 Å². The number of hydrogen-bond donors (Lipinski definition) is 2. The van der Waals surface area contributed by atoms with Crippen LogP contribution < -0.4 is 11.2 Å². The molecule has 12 heavy (non-hydrogen) atoms. The molecule has 0 aliphatic carbocycles. The van der Waals surface area contributed by atoms with Gasteiger partial charge in [0.15, 0.2) is 0 Å². The first-order valence-electron chi connectivity index (χ1n) is 3.89. The number of rotatable bonds is 2. The Morgan fingerprint density at radius 2 is 2.00 bits per heavy atom. The monoisotopic (exact) mass is 165 g/mol. The summed E-state index contributed by atoms with van der Waals surface area (Å²) in [5.41, 5.74) is 11.8. The van der Waals surface area contributed by atoms with Gasteiger partial charge in [-0.05, 0) is 24.6 Å². The Morgan fingerprint density at radius 1 is 1.33 bits per heavy atom. The molecule has 0 radical (unpaired) electrons. The average Bonchev–Trinajstić information content (AvgIpc) is 1.96. The van der Waals surface area contributed by atoms with E-state index >= 15 is 0 Å². The SMILES string of the molecule is Cc1ccc(NN(C)C)cc1N. The molecule has 0 aliphatic rings. The zero-order valence-electron chi connectivity index (χ0n) is 7.76. The van der Waals surface area contributed by atoms with Crippen LogP contribution in [0.5, 0.6) is 0 Å². The molecule has 1 aromatic carbocycles. The first-order chi connectivity index (χ1) is 5.59. The molecule has 0 fully saturated rings. The normalized spacial score (nSPS) is 10.3. The van der Waals surface area contributed by atoms with Gasteiger partial charge in [0.25, 0.3) is 0 Å². The maximum atomic E-state index is 5.74. The molecule has 66 valence electrons. The highest BCUT2D eigenvalue weighted by molar-refractivity contribution is 5.57. The Balaban J connectivity index is 2.82. The first kappa shape index (κ1) is 8.87. The first-order valence-corrected chi connectivity index (χ1v) is 3.89. The minimum atomic E-state index is 0.821. The largest absolute Gasteiger partial charge is 0.398 e. The van der Waals surface area contributed by atoms with Crippen LogP contribution >= 0.6 is 0 Å². The maximum absolute atomic E-state index is 5.74. The number of aryl methyl sites for hydroxylation is 1. The number of hydrazine groups is 1. The van der Waals surface area contributed by atoms with E-state index in [0.717, 1.165) is 16.9 Å². The zero-order chi connectivity index (χ0) is 9.14. The fraction of sp³-hybridized carbons (Fsp3) is 0.333. The Kier molecular flexibility index (Phi) is 2.55. The van der Waals surface area contributed by atoms with Crippen molar-refractivity contribution in [2.75, 3.05) is 25.3 Å². The summed E-state index contributed by atoms with van der Waals surface area (Å²) in [5.74, 6) is 0. The van der Waals surface area contributed by atoms with Crippen molar-refractivity contribution in [1.82, 2.24) is 5.01 Å². The summed E-state index contributed by atoms with van der Waals surface area (Å²) in [6, 6.07) is 5.93. The number of benzene rings is 1.